The van der Waals surface area contributed by atoms with Crippen LogP contribution in [0, 0.1) is 0 Å². The van der Waals surface area contributed by atoms with Crippen molar-refractivity contribution in [2.75, 3.05) is 13.2 Å². The number of alkyl halides is 3. The van der Waals surface area contributed by atoms with Crippen LogP contribution in [0.1, 0.15) is 62.3 Å². The first-order valence-corrected chi connectivity index (χ1v) is 17.1. The molecule has 7 nitrogen and oxygen atoms in total. The fourth-order valence-corrected chi connectivity index (χ4v) is 6.50. The summed E-state index contributed by atoms with van der Waals surface area (Å²) in [6.45, 7) is 6.25. The summed E-state index contributed by atoms with van der Waals surface area (Å²) in [6, 6.07) is 28.0. The molecule has 1 aromatic heterocycles. The average molecular weight is 696 g/mol. The summed E-state index contributed by atoms with van der Waals surface area (Å²) in [5.41, 5.74) is 1.89. The van der Waals surface area contributed by atoms with Crippen LogP contribution in [-0.2, 0) is 22.9 Å². The first-order chi connectivity index (χ1) is 24.4. The van der Waals surface area contributed by atoms with Gasteiger partial charge in [0.25, 0.3) is 5.91 Å². The maximum Gasteiger partial charge on any atom is 0.418 e. The number of ether oxygens (including phenoxy) is 2. The molecule has 1 aliphatic rings. The summed E-state index contributed by atoms with van der Waals surface area (Å²) >= 11 is 0. The SMILES string of the molecule is CC(C)Oc1ccc(C2(C)NC(=O)N(CCCCCOc3cccc(-c4c(Cc5ccccc5)cnc5c(C(F)(F)F)cccc45)c3)C2=O)cc1. The van der Waals surface area contributed by atoms with Gasteiger partial charge in [0.1, 0.15) is 17.0 Å². The van der Waals surface area contributed by atoms with Crippen molar-refractivity contribution in [2.45, 2.75) is 64.3 Å². The van der Waals surface area contributed by atoms with Gasteiger partial charge in [0.05, 0.1) is 23.8 Å². The number of nitrogens with one attached hydrogen (secondary N) is 1. The number of imide groups is 1. The van der Waals surface area contributed by atoms with Crippen LogP contribution >= 0.6 is 0 Å². The third kappa shape index (κ3) is 7.85. The number of halogens is 3. The Hall–Kier alpha value is -5.38. The molecule has 0 saturated carbocycles. The molecule has 1 fully saturated rings. The minimum absolute atomic E-state index is 0.0231. The van der Waals surface area contributed by atoms with Crippen LogP contribution in [0.25, 0.3) is 22.0 Å². The molecule has 1 aliphatic heterocycles. The van der Waals surface area contributed by atoms with E-state index in [0.717, 1.165) is 22.8 Å². The molecule has 1 unspecified atom stereocenters. The highest BCUT2D eigenvalue weighted by atomic mass is 19.4. The first-order valence-electron chi connectivity index (χ1n) is 17.1. The summed E-state index contributed by atoms with van der Waals surface area (Å²) in [4.78, 5) is 31.7. The molecule has 10 heteroatoms. The Morgan fingerprint density at radius 3 is 2.33 bits per heavy atom. The Balaban J connectivity index is 1.10. The van der Waals surface area contributed by atoms with Crippen LogP contribution in [0.3, 0.4) is 0 Å². The summed E-state index contributed by atoms with van der Waals surface area (Å²) < 4.78 is 53.7. The van der Waals surface area contributed by atoms with Crippen LogP contribution in [0.4, 0.5) is 18.0 Å². The molecule has 6 rings (SSSR count). The minimum Gasteiger partial charge on any atom is -0.494 e. The molecular weight excluding hydrogens is 655 g/mol. The van der Waals surface area contributed by atoms with Gasteiger partial charge in [-0.1, -0.05) is 66.7 Å². The van der Waals surface area contributed by atoms with Gasteiger partial charge in [-0.25, -0.2) is 4.79 Å². The number of para-hydroxylation sites is 1. The van der Waals surface area contributed by atoms with Crippen molar-refractivity contribution in [3.63, 3.8) is 0 Å². The number of rotatable bonds is 13. The molecule has 3 amide bonds. The number of amides is 3. The maximum absolute atomic E-state index is 14.0. The second-order valence-corrected chi connectivity index (χ2v) is 13.2. The van der Waals surface area contributed by atoms with E-state index in [2.05, 4.69) is 10.3 Å². The molecule has 5 aromatic rings. The van der Waals surface area contributed by atoms with E-state index < -0.39 is 23.3 Å². The van der Waals surface area contributed by atoms with Crippen molar-refractivity contribution in [3.05, 3.63) is 126 Å². The fraction of sp³-hybridized carbons (Fsp3) is 0.293. The van der Waals surface area contributed by atoms with E-state index in [1.54, 1.807) is 43.5 Å². The van der Waals surface area contributed by atoms with Crippen LogP contribution in [0.5, 0.6) is 11.5 Å². The lowest BCUT2D eigenvalue weighted by Crippen LogP contribution is -2.41. The van der Waals surface area contributed by atoms with Gasteiger partial charge in [0.2, 0.25) is 0 Å². The monoisotopic (exact) mass is 695 g/mol. The summed E-state index contributed by atoms with van der Waals surface area (Å²) in [5.74, 6) is 0.985. The van der Waals surface area contributed by atoms with Crippen LogP contribution in [-0.4, -0.2) is 41.1 Å². The Kier molecular flexibility index (Phi) is 10.3. The molecular formula is C41H40F3N3O4. The van der Waals surface area contributed by atoms with Gasteiger partial charge >= 0.3 is 12.2 Å². The lowest BCUT2D eigenvalue weighted by molar-refractivity contribution is -0.136. The number of hydrogen-bond donors (Lipinski definition) is 1. The molecule has 51 heavy (non-hydrogen) atoms. The van der Waals surface area contributed by atoms with E-state index in [9.17, 15) is 22.8 Å². The van der Waals surface area contributed by atoms with Crippen molar-refractivity contribution < 1.29 is 32.2 Å². The number of aromatic nitrogens is 1. The van der Waals surface area contributed by atoms with Crippen molar-refractivity contribution in [1.82, 2.24) is 15.2 Å². The highest BCUT2D eigenvalue weighted by molar-refractivity contribution is 6.07. The molecule has 2 heterocycles. The van der Waals surface area contributed by atoms with Crippen molar-refractivity contribution in [3.8, 4) is 22.6 Å². The maximum atomic E-state index is 14.0. The quantitative estimate of drug-likeness (QED) is 0.0981. The van der Waals surface area contributed by atoms with Gasteiger partial charge in [0, 0.05) is 18.1 Å². The number of carbonyl (C=O) groups is 2. The molecule has 1 saturated heterocycles. The van der Waals surface area contributed by atoms with Crippen LogP contribution < -0.4 is 14.8 Å². The lowest BCUT2D eigenvalue weighted by Gasteiger charge is -2.22. The second kappa shape index (κ2) is 14.8. The smallest absolute Gasteiger partial charge is 0.418 e. The molecule has 0 aliphatic carbocycles. The molecule has 264 valence electrons. The molecule has 0 bridgehead atoms. The van der Waals surface area contributed by atoms with Gasteiger partial charge in [-0.15, -0.1) is 0 Å². The summed E-state index contributed by atoms with van der Waals surface area (Å²) in [7, 11) is 0. The van der Waals surface area contributed by atoms with Crippen molar-refractivity contribution in [1.29, 1.82) is 0 Å². The first kappa shape index (κ1) is 35.4. The normalized spacial score (nSPS) is 16.2. The van der Waals surface area contributed by atoms with Gasteiger partial charge in [-0.05, 0) is 105 Å². The topological polar surface area (TPSA) is 80.8 Å². The Morgan fingerprint density at radius 1 is 0.863 bits per heavy atom. The van der Waals surface area contributed by atoms with E-state index in [1.165, 1.54) is 11.0 Å². The van der Waals surface area contributed by atoms with E-state index in [-0.39, 0.29) is 24.1 Å². The van der Waals surface area contributed by atoms with E-state index in [1.807, 2.05) is 68.4 Å². The van der Waals surface area contributed by atoms with E-state index in [4.69, 9.17) is 9.47 Å². The number of unbranched alkanes of at least 4 members (excludes halogenated alkanes) is 2. The molecule has 0 spiro atoms. The van der Waals surface area contributed by atoms with E-state index in [0.29, 0.717) is 60.3 Å². The Morgan fingerprint density at radius 2 is 1.61 bits per heavy atom. The van der Waals surface area contributed by atoms with Crippen molar-refractivity contribution in [2.24, 2.45) is 0 Å². The second-order valence-electron chi connectivity index (χ2n) is 13.2. The van der Waals surface area contributed by atoms with Gasteiger partial charge in [-0.3, -0.25) is 14.7 Å². The number of nitrogens with zero attached hydrogens (tertiary/aromatic N) is 2. The minimum atomic E-state index is -4.55. The largest absolute Gasteiger partial charge is 0.494 e. The highest BCUT2D eigenvalue weighted by Crippen LogP contribution is 2.40. The van der Waals surface area contributed by atoms with Crippen LogP contribution in [0.15, 0.2) is 103 Å². The Bertz CT molecular complexity index is 2020. The average Bonchev–Trinajstić information content (AvgIpc) is 3.33. The third-order valence-electron chi connectivity index (χ3n) is 9.01. The number of urea groups is 1. The van der Waals surface area contributed by atoms with Gasteiger partial charge in [-0.2, -0.15) is 13.2 Å². The number of benzene rings is 4. The number of pyridine rings is 1. The zero-order valence-corrected chi connectivity index (χ0v) is 28.8. The van der Waals surface area contributed by atoms with Crippen LogP contribution in [0.2, 0.25) is 0 Å². The van der Waals surface area contributed by atoms with Gasteiger partial charge in [0.15, 0.2) is 0 Å². The third-order valence-corrected chi connectivity index (χ3v) is 9.01. The lowest BCUT2D eigenvalue weighted by atomic mass is 9.92. The molecule has 1 atom stereocenters. The summed E-state index contributed by atoms with van der Waals surface area (Å²) in [6.07, 6.45) is -0.491. The number of fused-ring (bicyclic) bond motifs is 1. The molecule has 0 radical (unpaired) electrons. The highest BCUT2D eigenvalue weighted by Gasteiger charge is 2.48. The predicted octanol–water partition coefficient (Wildman–Crippen LogP) is 9.31. The van der Waals surface area contributed by atoms with E-state index >= 15 is 0 Å². The zero-order chi connectivity index (χ0) is 36.2. The number of carbonyl (C=O) groups excluding carboxylic acids is 2. The molecule has 4 aromatic carbocycles. The number of hydrogen-bond acceptors (Lipinski definition) is 5. The molecule has 1 N–H and O–H groups in total. The van der Waals surface area contributed by atoms with Crippen molar-refractivity contribution >= 4 is 22.8 Å². The Labute approximate surface area is 295 Å². The van der Waals surface area contributed by atoms with Gasteiger partial charge < -0.3 is 14.8 Å². The summed E-state index contributed by atoms with van der Waals surface area (Å²) in [5, 5.41) is 3.27. The predicted molar refractivity (Wildman–Crippen MR) is 191 cm³/mol. The zero-order valence-electron chi connectivity index (χ0n) is 28.8. The fourth-order valence-electron chi connectivity index (χ4n) is 6.50. The standard InChI is InChI=1S/C41H40F3N3O4/c1-27(2)51-32-20-18-31(19-21-32)40(3)38(48)47(39(49)46-40)22-8-5-9-23-50-33-15-10-14-29(25-33)36-30(24-28-12-6-4-7-13-28)26-45-37-34(36)16-11-17-35(37)41(42,43)44/h4,6-7,10-21,25-27H,5,8-9,22-24H2,1-3H3,(H,46,49).